The van der Waals surface area contributed by atoms with Gasteiger partial charge in [-0.3, -0.25) is 0 Å². The fraction of sp³-hybridized carbons (Fsp3) is 0.200. The van der Waals surface area contributed by atoms with Crippen LogP contribution in [0.25, 0.3) is 6.08 Å². The Morgan fingerprint density at radius 3 is 1.60 bits per heavy atom. The molecule has 5 heteroatoms. The quantitative estimate of drug-likeness (QED) is 0.360. The molecule has 0 saturated carbocycles. The Bertz CT molecular complexity index is 893. The third kappa shape index (κ3) is 4.26. The van der Waals surface area contributed by atoms with Crippen LogP contribution in [0.15, 0.2) is 91.5 Å². The van der Waals surface area contributed by atoms with Crippen LogP contribution in [0, 0.1) is 0 Å². The van der Waals surface area contributed by atoms with Crippen molar-refractivity contribution in [2.45, 2.75) is 12.1 Å². The number of benzene rings is 3. The smallest absolute Gasteiger partial charge is 0.377 e. The summed E-state index contributed by atoms with van der Waals surface area (Å²) in [5.41, 5.74) is 1.18. The molecule has 156 valence electrons. The first-order valence-corrected chi connectivity index (χ1v) is 14.3. The van der Waals surface area contributed by atoms with Gasteiger partial charge in [0.15, 0.2) is 0 Å². The van der Waals surface area contributed by atoms with E-state index in [9.17, 15) is 0 Å². The van der Waals surface area contributed by atoms with Crippen LogP contribution in [0.4, 0.5) is 0 Å². The van der Waals surface area contributed by atoms with Gasteiger partial charge >= 0.3 is 8.80 Å². The number of hydrogen-bond acceptors (Lipinski definition) is 3. The topological polar surface area (TPSA) is 27.7 Å². The Hall–Kier alpha value is -2.29. The van der Waals surface area contributed by atoms with E-state index in [0.29, 0.717) is 0 Å². The van der Waals surface area contributed by atoms with Crippen molar-refractivity contribution < 1.29 is 13.3 Å². The van der Waals surface area contributed by atoms with Gasteiger partial charge in [-0.15, -0.1) is 0 Å². The first kappa shape index (κ1) is 22.4. The zero-order valence-corrected chi connectivity index (χ0v) is 20.0. The van der Waals surface area contributed by atoms with Gasteiger partial charge in [-0.25, -0.2) is 0 Å². The van der Waals surface area contributed by atoms with Gasteiger partial charge in [0.25, 0.3) is 0 Å². The Morgan fingerprint density at radius 1 is 0.667 bits per heavy atom. The molecule has 0 aliphatic rings. The van der Waals surface area contributed by atoms with Gasteiger partial charge in [-0.05, 0) is 27.2 Å². The summed E-state index contributed by atoms with van der Waals surface area (Å²) in [5.74, 6) is 0. The van der Waals surface area contributed by atoms with Crippen LogP contribution in [0.3, 0.4) is 0 Å². The number of rotatable bonds is 10. The molecule has 30 heavy (non-hydrogen) atoms. The first-order chi connectivity index (χ1) is 14.7. The molecule has 3 aromatic rings. The highest BCUT2D eigenvalue weighted by atomic mass is 28.4. The third-order valence-corrected chi connectivity index (χ3v) is 14.2. The summed E-state index contributed by atoms with van der Waals surface area (Å²) in [6, 6.07) is 32.0. The summed E-state index contributed by atoms with van der Waals surface area (Å²) < 4.78 is 17.4. The summed E-state index contributed by atoms with van der Waals surface area (Å²) in [6.45, 7) is 4.11. The summed E-state index contributed by atoms with van der Waals surface area (Å²) in [5, 5.41) is 4.07. The van der Waals surface area contributed by atoms with Crippen molar-refractivity contribution in [2.75, 3.05) is 21.3 Å². The monoisotopic (exact) mass is 434 g/mol. The van der Waals surface area contributed by atoms with Gasteiger partial charge in [0.2, 0.25) is 0 Å². The van der Waals surface area contributed by atoms with E-state index in [0.717, 1.165) is 12.1 Å². The normalized spacial score (nSPS) is 12.0. The molecule has 0 aliphatic heterocycles. The maximum absolute atomic E-state index is 5.79. The average Bonchev–Trinajstić information content (AvgIpc) is 2.84. The van der Waals surface area contributed by atoms with Crippen LogP contribution in [0.5, 0.6) is 0 Å². The predicted octanol–water partition coefficient (Wildman–Crippen LogP) is 3.68. The second kappa shape index (κ2) is 10.2. The first-order valence-electron chi connectivity index (χ1n) is 10.1. The molecule has 0 heterocycles. The lowest BCUT2D eigenvalue weighted by molar-refractivity contribution is 0.125. The van der Waals surface area contributed by atoms with Gasteiger partial charge < -0.3 is 13.3 Å². The van der Waals surface area contributed by atoms with Crippen molar-refractivity contribution in [1.29, 1.82) is 0 Å². The van der Waals surface area contributed by atoms with Gasteiger partial charge in [0.05, 0.1) is 0 Å². The van der Waals surface area contributed by atoms with Crippen molar-refractivity contribution >= 4 is 38.5 Å². The standard InChI is InChI=1S/C25H30O3Si2/c1-5-22-14-12-13-19-25(22)29(23-15-8-6-9-16-23,24-17-10-7-11-18-24)20-21-30(26-2,27-3)28-4/h5-19H,1,20-21H2,2-4H3. The fourth-order valence-corrected chi connectivity index (χ4v) is 12.5. The minimum absolute atomic E-state index is 0.734. The highest BCUT2D eigenvalue weighted by Crippen LogP contribution is 2.24. The van der Waals surface area contributed by atoms with Crippen LogP contribution >= 0.6 is 0 Å². The molecule has 0 bridgehead atoms. The zero-order chi connectivity index (χ0) is 21.5. The molecule has 0 fully saturated rings. The highest BCUT2D eigenvalue weighted by molar-refractivity contribution is 7.12. The Labute approximate surface area is 182 Å². The molecule has 0 aliphatic carbocycles. The number of hydrogen-bond donors (Lipinski definition) is 0. The van der Waals surface area contributed by atoms with Crippen LogP contribution < -0.4 is 15.6 Å². The minimum atomic E-state index is -2.74. The molecule has 0 N–H and O–H groups in total. The fourth-order valence-electron chi connectivity index (χ4n) is 4.31. The van der Waals surface area contributed by atoms with Crippen molar-refractivity contribution in [2.24, 2.45) is 0 Å². The molecular formula is C25H30O3Si2. The Kier molecular flexibility index (Phi) is 7.58. The lowest BCUT2D eigenvalue weighted by Crippen LogP contribution is -2.68. The molecule has 0 aromatic heterocycles. The van der Waals surface area contributed by atoms with E-state index in [1.54, 1.807) is 21.3 Å². The summed E-state index contributed by atoms with van der Waals surface area (Å²) >= 11 is 0. The van der Waals surface area contributed by atoms with Crippen LogP contribution in [-0.4, -0.2) is 38.2 Å². The van der Waals surface area contributed by atoms with E-state index in [1.807, 2.05) is 6.08 Å². The Morgan fingerprint density at radius 2 is 1.13 bits per heavy atom. The molecule has 0 unspecified atom stereocenters. The molecule has 3 nitrogen and oxygen atoms in total. The molecule has 0 amide bonds. The van der Waals surface area contributed by atoms with Gasteiger partial charge in [0, 0.05) is 27.4 Å². The summed E-state index contributed by atoms with van der Waals surface area (Å²) in [4.78, 5) is 0. The van der Waals surface area contributed by atoms with E-state index in [4.69, 9.17) is 13.3 Å². The van der Waals surface area contributed by atoms with Gasteiger partial charge in [-0.2, -0.15) is 0 Å². The van der Waals surface area contributed by atoms with Crippen LogP contribution in [0.2, 0.25) is 12.1 Å². The molecule has 0 radical (unpaired) electrons. The van der Waals surface area contributed by atoms with E-state index < -0.39 is 16.9 Å². The van der Waals surface area contributed by atoms with Crippen LogP contribution in [-0.2, 0) is 13.3 Å². The molecule has 3 rings (SSSR count). The van der Waals surface area contributed by atoms with E-state index in [1.165, 1.54) is 21.1 Å². The molecule has 3 aromatic carbocycles. The lowest BCUT2D eigenvalue weighted by atomic mass is 10.2. The summed E-state index contributed by atoms with van der Waals surface area (Å²) in [6.07, 6.45) is 1.97. The average molecular weight is 435 g/mol. The van der Waals surface area contributed by atoms with Crippen molar-refractivity contribution in [1.82, 2.24) is 0 Å². The maximum atomic E-state index is 5.79. The van der Waals surface area contributed by atoms with E-state index in [-0.39, 0.29) is 0 Å². The van der Waals surface area contributed by atoms with Crippen molar-refractivity contribution in [3.63, 3.8) is 0 Å². The zero-order valence-electron chi connectivity index (χ0n) is 18.0. The second-order valence-corrected chi connectivity index (χ2v) is 14.3. The lowest BCUT2D eigenvalue weighted by Gasteiger charge is -2.37. The van der Waals surface area contributed by atoms with Crippen LogP contribution in [0.1, 0.15) is 5.56 Å². The van der Waals surface area contributed by atoms with E-state index >= 15 is 0 Å². The highest BCUT2D eigenvalue weighted by Gasteiger charge is 2.46. The molecule has 0 spiro atoms. The SMILES string of the molecule is C=Cc1ccccc1[Si](CC[Si](OC)(OC)OC)(c1ccccc1)c1ccccc1. The third-order valence-electron chi connectivity index (χ3n) is 5.91. The second-order valence-electron chi connectivity index (χ2n) is 7.22. The predicted molar refractivity (Wildman–Crippen MR) is 130 cm³/mol. The van der Waals surface area contributed by atoms with Gasteiger partial charge in [-0.1, -0.05) is 97.6 Å². The van der Waals surface area contributed by atoms with Crippen molar-refractivity contribution in [3.05, 3.63) is 97.1 Å². The molecular weight excluding hydrogens is 404 g/mol. The summed E-state index contributed by atoms with van der Waals surface area (Å²) in [7, 11) is -0.112. The maximum Gasteiger partial charge on any atom is 0.499 e. The Balaban J connectivity index is 2.29. The van der Waals surface area contributed by atoms with E-state index in [2.05, 4.69) is 91.5 Å². The van der Waals surface area contributed by atoms with Gasteiger partial charge in [0.1, 0.15) is 8.07 Å². The van der Waals surface area contributed by atoms with Crippen molar-refractivity contribution in [3.8, 4) is 0 Å². The molecule has 0 saturated heterocycles. The largest absolute Gasteiger partial charge is 0.499 e. The minimum Gasteiger partial charge on any atom is -0.377 e. The molecule has 0 atom stereocenters.